The fraction of sp³-hybridized carbons (Fsp3) is 0. The Bertz CT molecular complexity index is 604. The SMILES string of the molecule is O=C(Nc1cccc(Cl)n1)c1ccc(F)c(F)c1. The lowest BCUT2D eigenvalue weighted by Gasteiger charge is -2.04. The first-order valence-corrected chi connectivity index (χ1v) is 5.33. The van der Waals surface area contributed by atoms with Gasteiger partial charge in [0.05, 0.1) is 0 Å². The summed E-state index contributed by atoms with van der Waals surface area (Å²) in [5.41, 5.74) is -0.00400. The van der Waals surface area contributed by atoms with Crippen molar-refractivity contribution in [3.8, 4) is 0 Å². The average molecular weight is 269 g/mol. The quantitative estimate of drug-likeness (QED) is 0.850. The molecule has 0 saturated carbocycles. The molecule has 1 amide bonds. The van der Waals surface area contributed by atoms with Crippen LogP contribution in [0.2, 0.25) is 5.15 Å². The number of benzene rings is 1. The number of pyridine rings is 1. The molecule has 0 unspecified atom stereocenters. The van der Waals surface area contributed by atoms with Gasteiger partial charge >= 0.3 is 0 Å². The molecule has 3 nitrogen and oxygen atoms in total. The molecule has 0 aliphatic rings. The van der Waals surface area contributed by atoms with Crippen LogP contribution in [0, 0.1) is 11.6 Å². The Balaban J connectivity index is 2.19. The number of hydrogen-bond donors (Lipinski definition) is 1. The maximum absolute atomic E-state index is 13.0. The van der Waals surface area contributed by atoms with Crippen molar-refractivity contribution in [2.45, 2.75) is 0 Å². The van der Waals surface area contributed by atoms with Gasteiger partial charge in [0.2, 0.25) is 0 Å². The smallest absolute Gasteiger partial charge is 0.256 e. The largest absolute Gasteiger partial charge is 0.307 e. The lowest BCUT2D eigenvalue weighted by molar-refractivity contribution is 0.102. The number of nitrogens with zero attached hydrogens (tertiary/aromatic N) is 1. The van der Waals surface area contributed by atoms with Crippen molar-refractivity contribution in [1.29, 1.82) is 0 Å². The van der Waals surface area contributed by atoms with E-state index in [1.165, 1.54) is 12.1 Å². The highest BCUT2D eigenvalue weighted by atomic mass is 35.5. The average Bonchev–Trinajstić information content (AvgIpc) is 2.32. The molecule has 0 atom stereocenters. The summed E-state index contributed by atoms with van der Waals surface area (Å²) in [5.74, 6) is -2.45. The third kappa shape index (κ3) is 2.81. The maximum atomic E-state index is 13.0. The van der Waals surface area contributed by atoms with E-state index < -0.39 is 17.5 Å². The normalized spacial score (nSPS) is 10.2. The Hall–Kier alpha value is -2.01. The fourth-order valence-electron chi connectivity index (χ4n) is 1.30. The number of halogens is 3. The Morgan fingerprint density at radius 2 is 1.94 bits per heavy atom. The van der Waals surface area contributed by atoms with Crippen LogP contribution in [-0.2, 0) is 0 Å². The van der Waals surface area contributed by atoms with E-state index in [1.807, 2.05) is 0 Å². The van der Waals surface area contributed by atoms with Crippen LogP contribution < -0.4 is 5.32 Å². The van der Waals surface area contributed by atoms with E-state index in [4.69, 9.17) is 11.6 Å². The second-order valence-electron chi connectivity index (χ2n) is 3.43. The Labute approximate surface area is 106 Å². The summed E-state index contributed by atoms with van der Waals surface area (Å²) in [5, 5.41) is 2.64. The van der Waals surface area contributed by atoms with Crippen molar-refractivity contribution in [3.63, 3.8) is 0 Å². The molecular weight excluding hydrogens is 262 g/mol. The number of rotatable bonds is 2. The zero-order chi connectivity index (χ0) is 13.1. The van der Waals surface area contributed by atoms with E-state index in [9.17, 15) is 13.6 Å². The highest BCUT2D eigenvalue weighted by Gasteiger charge is 2.10. The topological polar surface area (TPSA) is 42.0 Å². The van der Waals surface area contributed by atoms with Crippen LogP contribution in [0.15, 0.2) is 36.4 Å². The van der Waals surface area contributed by atoms with Gasteiger partial charge in [0.1, 0.15) is 11.0 Å². The van der Waals surface area contributed by atoms with Gasteiger partial charge < -0.3 is 5.32 Å². The van der Waals surface area contributed by atoms with Gasteiger partial charge in [-0.15, -0.1) is 0 Å². The van der Waals surface area contributed by atoms with E-state index >= 15 is 0 Å². The van der Waals surface area contributed by atoms with Crippen LogP contribution in [-0.4, -0.2) is 10.9 Å². The molecular formula is C12H7ClF2N2O. The molecule has 1 heterocycles. The number of aromatic nitrogens is 1. The third-order valence-electron chi connectivity index (χ3n) is 2.14. The van der Waals surface area contributed by atoms with E-state index in [0.29, 0.717) is 0 Å². The third-order valence-corrected chi connectivity index (χ3v) is 2.35. The molecule has 1 aromatic heterocycles. The number of carbonyl (C=O) groups is 1. The van der Waals surface area contributed by atoms with Gasteiger partial charge in [-0.25, -0.2) is 13.8 Å². The van der Waals surface area contributed by atoms with Crippen molar-refractivity contribution in [1.82, 2.24) is 4.98 Å². The van der Waals surface area contributed by atoms with Crippen LogP contribution in [0.25, 0.3) is 0 Å². The van der Waals surface area contributed by atoms with Crippen molar-refractivity contribution in [2.24, 2.45) is 0 Å². The van der Waals surface area contributed by atoms with Gasteiger partial charge in [0.15, 0.2) is 11.6 Å². The van der Waals surface area contributed by atoms with E-state index in [2.05, 4.69) is 10.3 Å². The highest BCUT2D eigenvalue weighted by Crippen LogP contribution is 2.13. The summed E-state index contributed by atoms with van der Waals surface area (Å²) in [6, 6.07) is 7.57. The number of carbonyl (C=O) groups excluding carboxylic acids is 1. The number of hydrogen-bond acceptors (Lipinski definition) is 2. The second kappa shape index (κ2) is 5.10. The van der Waals surface area contributed by atoms with Crippen LogP contribution in [0.5, 0.6) is 0 Å². The van der Waals surface area contributed by atoms with E-state index in [1.54, 1.807) is 12.1 Å². The number of anilines is 1. The number of amides is 1. The molecule has 18 heavy (non-hydrogen) atoms. The first kappa shape index (κ1) is 12.4. The van der Waals surface area contributed by atoms with Gasteiger partial charge in [-0.3, -0.25) is 4.79 Å². The molecule has 0 saturated heterocycles. The summed E-state index contributed by atoms with van der Waals surface area (Å²) < 4.78 is 25.7. The van der Waals surface area contributed by atoms with Gasteiger partial charge in [-0.1, -0.05) is 17.7 Å². The Kier molecular flexibility index (Phi) is 3.53. The van der Waals surface area contributed by atoms with Gasteiger partial charge in [-0.2, -0.15) is 0 Å². The van der Waals surface area contributed by atoms with Gasteiger partial charge in [0, 0.05) is 5.56 Å². The minimum absolute atomic E-state index is 0.00400. The molecule has 0 bridgehead atoms. The lowest BCUT2D eigenvalue weighted by Crippen LogP contribution is -2.13. The van der Waals surface area contributed by atoms with Crippen LogP contribution in [0.4, 0.5) is 14.6 Å². The zero-order valence-corrected chi connectivity index (χ0v) is 9.71. The van der Waals surface area contributed by atoms with Gasteiger partial charge in [0.25, 0.3) is 5.91 Å². The minimum atomic E-state index is -1.08. The summed E-state index contributed by atoms with van der Waals surface area (Å²) in [6.45, 7) is 0. The number of nitrogens with one attached hydrogen (secondary N) is 1. The molecule has 0 radical (unpaired) electrons. The minimum Gasteiger partial charge on any atom is -0.307 e. The molecule has 92 valence electrons. The summed E-state index contributed by atoms with van der Waals surface area (Å²) in [7, 11) is 0. The van der Waals surface area contributed by atoms with Crippen molar-refractivity contribution >= 4 is 23.3 Å². The highest BCUT2D eigenvalue weighted by molar-refractivity contribution is 6.29. The summed E-state index contributed by atoms with van der Waals surface area (Å²) in [6.07, 6.45) is 0. The Morgan fingerprint density at radius 3 is 2.61 bits per heavy atom. The van der Waals surface area contributed by atoms with Gasteiger partial charge in [-0.05, 0) is 30.3 Å². The van der Waals surface area contributed by atoms with Crippen LogP contribution >= 0.6 is 11.6 Å². The molecule has 0 aliphatic heterocycles. The lowest BCUT2D eigenvalue weighted by atomic mass is 10.2. The first-order chi connectivity index (χ1) is 8.56. The molecule has 2 rings (SSSR count). The molecule has 0 fully saturated rings. The predicted octanol–water partition coefficient (Wildman–Crippen LogP) is 3.27. The van der Waals surface area contributed by atoms with Crippen LogP contribution in [0.1, 0.15) is 10.4 Å². The van der Waals surface area contributed by atoms with Crippen molar-refractivity contribution in [3.05, 3.63) is 58.7 Å². The second-order valence-corrected chi connectivity index (χ2v) is 3.82. The molecule has 0 spiro atoms. The first-order valence-electron chi connectivity index (χ1n) is 4.95. The molecule has 1 N–H and O–H groups in total. The molecule has 6 heteroatoms. The van der Waals surface area contributed by atoms with Crippen molar-refractivity contribution < 1.29 is 13.6 Å². The van der Waals surface area contributed by atoms with Crippen molar-refractivity contribution in [2.75, 3.05) is 5.32 Å². The fourth-order valence-corrected chi connectivity index (χ4v) is 1.47. The summed E-state index contributed by atoms with van der Waals surface area (Å²) >= 11 is 5.65. The molecule has 1 aromatic carbocycles. The molecule has 0 aliphatic carbocycles. The summed E-state index contributed by atoms with van der Waals surface area (Å²) in [4.78, 5) is 15.5. The van der Waals surface area contributed by atoms with E-state index in [0.717, 1.165) is 12.1 Å². The zero-order valence-electron chi connectivity index (χ0n) is 8.95. The standard InChI is InChI=1S/C12H7ClF2N2O/c13-10-2-1-3-11(16-10)17-12(18)7-4-5-8(14)9(15)6-7/h1-6H,(H,16,17,18). The molecule has 2 aromatic rings. The monoisotopic (exact) mass is 268 g/mol. The predicted molar refractivity (Wildman–Crippen MR) is 63.6 cm³/mol. The maximum Gasteiger partial charge on any atom is 0.256 e. The van der Waals surface area contributed by atoms with E-state index in [-0.39, 0.29) is 16.5 Å². The van der Waals surface area contributed by atoms with Crippen LogP contribution in [0.3, 0.4) is 0 Å². The Morgan fingerprint density at radius 1 is 1.17 bits per heavy atom.